The first-order valence-corrected chi connectivity index (χ1v) is 11.5. The number of rotatable bonds is 10. The molecule has 8 nitrogen and oxygen atoms in total. The predicted octanol–water partition coefficient (Wildman–Crippen LogP) is 5.16. The average Bonchev–Trinajstić information content (AvgIpc) is 2.90. The van der Waals surface area contributed by atoms with E-state index < -0.39 is 23.6 Å². The molecule has 0 radical (unpaired) electrons. The standard InChI is InChI=1S/C27H26F3N3O5/c1-4-31-23(18-6-5-7-19(16-18)27(28,29)30)17-8-10-20(11-9-17)33-26(35)24-25(21(37-3)12-14-32-24)38-22(34)13-15-36-2/h5-12,14,16H,4,13,15H2,1-3H3,(H,33,35)/b31-23+. The molecule has 1 aromatic heterocycles. The van der Waals surface area contributed by atoms with Crippen molar-refractivity contribution in [2.75, 3.05) is 32.7 Å². The predicted molar refractivity (Wildman–Crippen MR) is 135 cm³/mol. The van der Waals surface area contributed by atoms with Gasteiger partial charge in [0.25, 0.3) is 5.91 Å². The van der Waals surface area contributed by atoms with Crippen LogP contribution in [0, 0.1) is 0 Å². The number of hydrogen-bond donors (Lipinski definition) is 1. The van der Waals surface area contributed by atoms with Gasteiger partial charge in [-0.3, -0.25) is 14.6 Å². The lowest BCUT2D eigenvalue weighted by Crippen LogP contribution is -2.19. The van der Waals surface area contributed by atoms with E-state index in [1.54, 1.807) is 37.3 Å². The molecule has 0 fully saturated rings. The number of amides is 1. The number of nitrogens with one attached hydrogen (secondary N) is 1. The van der Waals surface area contributed by atoms with Gasteiger partial charge in [-0.15, -0.1) is 0 Å². The summed E-state index contributed by atoms with van der Waals surface area (Å²) >= 11 is 0. The maximum atomic E-state index is 13.2. The second kappa shape index (κ2) is 12.8. The van der Waals surface area contributed by atoms with Gasteiger partial charge in [-0.1, -0.05) is 24.3 Å². The molecular formula is C27H26F3N3O5. The van der Waals surface area contributed by atoms with E-state index in [1.165, 1.54) is 32.5 Å². The fourth-order valence-electron chi connectivity index (χ4n) is 3.45. The highest BCUT2D eigenvalue weighted by Crippen LogP contribution is 2.31. The molecular weight excluding hydrogens is 503 g/mol. The molecule has 0 bridgehead atoms. The Kier molecular flexibility index (Phi) is 9.55. The molecule has 11 heteroatoms. The minimum absolute atomic E-state index is 0.0371. The van der Waals surface area contributed by atoms with Crippen LogP contribution in [0.15, 0.2) is 65.8 Å². The number of anilines is 1. The number of esters is 1. The van der Waals surface area contributed by atoms with Crippen molar-refractivity contribution in [3.8, 4) is 11.5 Å². The molecule has 200 valence electrons. The molecule has 0 spiro atoms. The van der Waals surface area contributed by atoms with Gasteiger partial charge in [-0.05, 0) is 31.2 Å². The van der Waals surface area contributed by atoms with Gasteiger partial charge < -0.3 is 19.5 Å². The molecule has 0 aliphatic rings. The molecule has 3 rings (SSSR count). The van der Waals surface area contributed by atoms with Gasteiger partial charge in [0.1, 0.15) is 0 Å². The van der Waals surface area contributed by atoms with Crippen molar-refractivity contribution >= 4 is 23.3 Å². The summed E-state index contributed by atoms with van der Waals surface area (Å²) in [5, 5.41) is 2.67. The van der Waals surface area contributed by atoms with Gasteiger partial charge in [-0.2, -0.15) is 13.2 Å². The molecule has 2 aromatic carbocycles. The topological polar surface area (TPSA) is 99.1 Å². The van der Waals surface area contributed by atoms with Crippen LogP contribution >= 0.6 is 0 Å². The van der Waals surface area contributed by atoms with Crippen molar-refractivity contribution in [3.05, 3.63) is 83.2 Å². The SMILES string of the molecule is CC/N=C(\c1ccc(NC(=O)c2nccc(OC)c2OC(=O)CCOC)cc1)c1cccc(C(F)(F)F)c1. The van der Waals surface area contributed by atoms with Crippen LogP contribution in [0.1, 0.15) is 40.5 Å². The Morgan fingerprint density at radius 1 is 1.03 bits per heavy atom. The zero-order chi connectivity index (χ0) is 27.7. The van der Waals surface area contributed by atoms with Crippen LogP contribution in [0.25, 0.3) is 0 Å². The molecule has 3 aromatic rings. The number of carbonyl (C=O) groups is 2. The summed E-state index contributed by atoms with van der Waals surface area (Å²) < 4.78 is 55.0. The van der Waals surface area contributed by atoms with Gasteiger partial charge in [0, 0.05) is 42.7 Å². The fraction of sp³-hybridized carbons (Fsp3) is 0.259. The van der Waals surface area contributed by atoms with E-state index >= 15 is 0 Å². The Hall–Kier alpha value is -4.25. The Labute approximate surface area is 217 Å². The Morgan fingerprint density at radius 3 is 2.39 bits per heavy atom. The summed E-state index contributed by atoms with van der Waals surface area (Å²) in [4.78, 5) is 33.6. The van der Waals surface area contributed by atoms with Crippen LogP contribution in [-0.2, 0) is 15.7 Å². The highest BCUT2D eigenvalue weighted by Gasteiger charge is 2.30. The molecule has 0 atom stereocenters. The Balaban J connectivity index is 1.84. The molecule has 0 aliphatic carbocycles. The maximum absolute atomic E-state index is 13.2. The summed E-state index contributed by atoms with van der Waals surface area (Å²) in [7, 11) is 2.81. The van der Waals surface area contributed by atoms with Crippen molar-refractivity contribution < 1.29 is 37.0 Å². The summed E-state index contributed by atoms with van der Waals surface area (Å²) in [6.45, 7) is 2.28. The third kappa shape index (κ3) is 7.16. The minimum atomic E-state index is -4.48. The molecule has 1 N–H and O–H groups in total. The lowest BCUT2D eigenvalue weighted by Gasteiger charge is -2.14. The number of benzene rings is 2. The van der Waals surface area contributed by atoms with Gasteiger partial charge in [0.15, 0.2) is 11.4 Å². The quantitative estimate of drug-likeness (QED) is 0.288. The Morgan fingerprint density at radius 2 is 1.76 bits per heavy atom. The summed E-state index contributed by atoms with van der Waals surface area (Å²) in [5.41, 5.74) is 0.704. The first kappa shape index (κ1) is 28.3. The summed E-state index contributed by atoms with van der Waals surface area (Å²) in [5.74, 6) is -1.28. The first-order chi connectivity index (χ1) is 18.2. The zero-order valence-corrected chi connectivity index (χ0v) is 21.0. The third-order valence-corrected chi connectivity index (χ3v) is 5.23. The third-order valence-electron chi connectivity index (χ3n) is 5.23. The number of alkyl halides is 3. The number of pyridine rings is 1. The van der Waals surface area contributed by atoms with Gasteiger partial charge in [0.2, 0.25) is 5.75 Å². The second-order valence-electron chi connectivity index (χ2n) is 7.84. The van der Waals surface area contributed by atoms with Gasteiger partial charge in [-0.25, -0.2) is 4.98 Å². The van der Waals surface area contributed by atoms with E-state index in [1.807, 2.05) is 0 Å². The zero-order valence-electron chi connectivity index (χ0n) is 21.0. The highest BCUT2D eigenvalue weighted by atomic mass is 19.4. The van der Waals surface area contributed by atoms with Crippen LogP contribution in [0.4, 0.5) is 18.9 Å². The number of carbonyl (C=O) groups excluding carboxylic acids is 2. The number of hydrogen-bond acceptors (Lipinski definition) is 7. The van der Waals surface area contributed by atoms with Crippen molar-refractivity contribution in [1.29, 1.82) is 0 Å². The second-order valence-corrected chi connectivity index (χ2v) is 7.84. The molecule has 0 saturated carbocycles. The number of aromatic nitrogens is 1. The largest absolute Gasteiger partial charge is 0.493 e. The van der Waals surface area contributed by atoms with Crippen LogP contribution in [0.2, 0.25) is 0 Å². The number of methoxy groups -OCH3 is 2. The molecule has 0 aliphatic heterocycles. The Bertz CT molecular complexity index is 1310. The van der Waals surface area contributed by atoms with Gasteiger partial charge >= 0.3 is 12.1 Å². The number of aliphatic imine (C=N–C) groups is 1. The molecule has 38 heavy (non-hydrogen) atoms. The van der Waals surface area contributed by atoms with E-state index in [0.717, 1.165) is 12.1 Å². The van der Waals surface area contributed by atoms with Crippen LogP contribution < -0.4 is 14.8 Å². The van der Waals surface area contributed by atoms with Crippen LogP contribution in [0.3, 0.4) is 0 Å². The summed E-state index contributed by atoms with van der Waals surface area (Å²) in [6.07, 6.45) is -3.18. The lowest BCUT2D eigenvalue weighted by atomic mass is 9.99. The minimum Gasteiger partial charge on any atom is -0.493 e. The number of halogens is 3. The summed E-state index contributed by atoms with van der Waals surface area (Å²) in [6, 6.07) is 12.8. The fourth-order valence-corrected chi connectivity index (χ4v) is 3.45. The lowest BCUT2D eigenvalue weighted by molar-refractivity contribution is -0.137. The molecule has 1 amide bonds. The van der Waals surface area contributed by atoms with Crippen molar-refractivity contribution in [2.45, 2.75) is 19.5 Å². The normalized spacial score (nSPS) is 11.7. The number of nitrogens with zero attached hydrogens (tertiary/aromatic N) is 2. The smallest absolute Gasteiger partial charge is 0.416 e. The van der Waals surface area contributed by atoms with Crippen molar-refractivity contribution in [2.24, 2.45) is 4.99 Å². The van der Waals surface area contributed by atoms with Crippen LogP contribution in [0.5, 0.6) is 11.5 Å². The molecule has 0 unspecified atom stereocenters. The van der Waals surface area contributed by atoms with E-state index in [4.69, 9.17) is 14.2 Å². The monoisotopic (exact) mass is 529 g/mol. The first-order valence-electron chi connectivity index (χ1n) is 11.5. The van der Waals surface area contributed by atoms with E-state index in [-0.39, 0.29) is 30.2 Å². The van der Waals surface area contributed by atoms with Crippen LogP contribution in [-0.4, -0.2) is 49.9 Å². The van der Waals surface area contributed by atoms with Crippen molar-refractivity contribution in [3.63, 3.8) is 0 Å². The highest BCUT2D eigenvalue weighted by molar-refractivity contribution is 6.13. The maximum Gasteiger partial charge on any atom is 0.416 e. The molecule has 0 saturated heterocycles. The van der Waals surface area contributed by atoms with E-state index in [0.29, 0.717) is 29.1 Å². The van der Waals surface area contributed by atoms with E-state index in [2.05, 4.69) is 15.3 Å². The van der Waals surface area contributed by atoms with Gasteiger partial charge in [0.05, 0.1) is 31.4 Å². The molecule has 1 heterocycles. The average molecular weight is 530 g/mol. The van der Waals surface area contributed by atoms with Crippen molar-refractivity contribution in [1.82, 2.24) is 4.98 Å². The number of ether oxygens (including phenoxy) is 3. The van der Waals surface area contributed by atoms with E-state index in [9.17, 15) is 22.8 Å².